The summed E-state index contributed by atoms with van der Waals surface area (Å²) in [6.45, 7) is 12.1. The van der Waals surface area contributed by atoms with Gasteiger partial charge in [-0.1, -0.05) is 19.2 Å². The molecule has 0 unspecified atom stereocenters. The molecule has 0 saturated heterocycles. The van der Waals surface area contributed by atoms with Crippen LogP contribution in [0.15, 0.2) is 43.6 Å². The molecule has 1 aromatic rings. The average Bonchev–Trinajstić information content (AvgIpc) is 2.46. The van der Waals surface area contributed by atoms with Gasteiger partial charge >= 0.3 is 0 Å². The molecule has 0 bridgehead atoms. The maximum Gasteiger partial charge on any atom is 0.243 e. The first-order chi connectivity index (χ1) is 10.1. The van der Waals surface area contributed by atoms with Crippen molar-refractivity contribution in [2.45, 2.75) is 25.8 Å². The molecule has 0 saturated carbocycles. The van der Waals surface area contributed by atoms with Gasteiger partial charge in [0.1, 0.15) is 0 Å². The number of carbonyl (C=O) groups excluding carboxylic acids is 1. The molecule has 0 radical (unpaired) electrons. The normalized spacial score (nSPS) is 10.5. The number of carbonyl (C=O) groups is 1. The summed E-state index contributed by atoms with van der Waals surface area (Å²) in [5, 5.41) is 2.91. The van der Waals surface area contributed by atoms with Gasteiger partial charge in [0.05, 0.1) is 33.4 Å². The van der Waals surface area contributed by atoms with Gasteiger partial charge in [-0.25, -0.2) is 0 Å². The molecule has 1 heterocycles. The summed E-state index contributed by atoms with van der Waals surface area (Å²) in [6.07, 6.45) is 5.74. The fourth-order valence-electron chi connectivity index (χ4n) is 1.56. The van der Waals surface area contributed by atoms with Crippen molar-refractivity contribution in [3.63, 3.8) is 0 Å². The first-order valence-corrected chi connectivity index (χ1v) is 7.38. The quantitative estimate of drug-likeness (QED) is 0.580. The molecule has 0 atom stereocenters. The number of pyridine rings is 1. The zero-order valence-electron chi connectivity index (χ0n) is 15.0. The summed E-state index contributed by atoms with van der Waals surface area (Å²) in [6, 6.07) is 5.73. The van der Waals surface area contributed by atoms with E-state index in [2.05, 4.69) is 44.6 Å². The molecule has 0 fully saturated rings. The van der Waals surface area contributed by atoms with Gasteiger partial charge in [0.15, 0.2) is 0 Å². The summed E-state index contributed by atoms with van der Waals surface area (Å²) in [5.41, 5.74) is 0.768. The highest BCUT2D eigenvalue weighted by atomic mass is 35.5. The molecule has 0 aliphatic carbocycles. The number of quaternary nitrogens is 1. The first kappa shape index (κ1) is 23.6. The van der Waals surface area contributed by atoms with Crippen LogP contribution in [0.4, 0.5) is 0 Å². The Hall–Kier alpha value is -1.65. The Morgan fingerprint density at radius 2 is 1.91 bits per heavy atom. The third kappa shape index (κ3) is 13.7. The number of rotatable bonds is 6. The maximum atomic E-state index is 11.1. The van der Waals surface area contributed by atoms with E-state index in [-0.39, 0.29) is 23.9 Å². The van der Waals surface area contributed by atoms with Crippen molar-refractivity contribution < 1.29 is 21.7 Å². The van der Waals surface area contributed by atoms with Crippen molar-refractivity contribution in [1.82, 2.24) is 10.3 Å². The van der Waals surface area contributed by atoms with E-state index in [4.69, 9.17) is 0 Å². The van der Waals surface area contributed by atoms with Gasteiger partial charge in [-0.05, 0) is 38.1 Å². The second-order valence-corrected chi connectivity index (χ2v) is 6.80. The van der Waals surface area contributed by atoms with Gasteiger partial charge in [-0.2, -0.15) is 0 Å². The molecule has 5 heteroatoms. The Morgan fingerprint density at radius 1 is 1.30 bits per heavy atom. The van der Waals surface area contributed by atoms with Gasteiger partial charge in [0.2, 0.25) is 5.91 Å². The fraction of sp³-hybridized carbons (Fsp3) is 0.444. The Morgan fingerprint density at radius 3 is 2.26 bits per heavy atom. The molecular weight excluding hydrogens is 310 g/mol. The summed E-state index contributed by atoms with van der Waals surface area (Å²) in [4.78, 5) is 15.1. The lowest BCUT2D eigenvalue weighted by Crippen LogP contribution is -3.00. The molecule has 1 aromatic heterocycles. The van der Waals surface area contributed by atoms with Crippen LogP contribution in [0.1, 0.15) is 26.0 Å². The number of hydrogen-bond donors (Lipinski definition) is 1. The summed E-state index contributed by atoms with van der Waals surface area (Å²) in [5.74, 6) is -0.101. The van der Waals surface area contributed by atoms with Crippen LogP contribution >= 0.6 is 0 Å². The third-order valence-corrected chi connectivity index (χ3v) is 2.95. The van der Waals surface area contributed by atoms with Gasteiger partial charge in [0, 0.05) is 18.2 Å². The van der Waals surface area contributed by atoms with Crippen molar-refractivity contribution in [1.29, 1.82) is 0 Å². The van der Waals surface area contributed by atoms with Gasteiger partial charge in [-0.3, -0.25) is 9.78 Å². The molecule has 1 N–H and O–H groups in total. The number of nitrogens with zero attached hydrogens (tertiary/aromatic N) is 2. The molecule has 23 heavy (non-hydrogen) atoms. The van der Waals surface area contributed by atoms with Gasteiger partial charge in [-0.15, -0.1) is 0 Å². The van der Waals surface area contributed by atoms with E-state index in [1.54, 1.807) is 12.3 Å². The van der Waals surface area contributed by atoms with Crippen LogP contribution in [-0.4, -0.2) is 48.6 Å². The molecule has 0 aliphatic rings. The second-order valence-electron chi connectivity index (χ2n) is 6.80. The number of hydrogen-bond acceptors (Lipinski definition) is 2. The average molecular weight is 340 g/mol. The highest BCUT2D eigenvalue weighted by Gasteiger charge is 2.22. The van der Waals surface area contributed by atoms with Crippen LogP contribution in [0, 0.1) is 0 Å². The maximum absolute atomic E-state index is 11.1. The van der Waals surface area contributed by atoms with Gasteiger partial charge < -0.3 is 22.2 Å². The summed E-state index contributed by atoms with van der Waals surface area (Å²) < 4.78 is 0.910. The van der Waals surface area contributed by atoms with Crippen LogP contribution in [0.5, 0.6) is 0 Å². The third-order valence-electron chi connectivity index (χ3n) is 2.95. The SMILES string of the molecule is C=CC(=O)NC(C)(C)CC[N+](C)(C)C.C=Cc1ccccn1.[Cl-]. The second kappa shape index (κ2) is 11.0. The molecule has 1 rings (SSSR count). The monoisotopic (exact) mass is 339 g/mol. The Kier molecular flexibility index (Phi) is 11.3. The molecule has 4 nitrogen and oxygen atoms in total. The predicted molar refractivity (Wildman–Crippen MR) is 94.3 cm³/mol. The predicted octanol–water partition coefficient (Wildman–Crippen LogP) is -0.108. The van der Waals surface area contributed by atoms with Crippen LogP contribution < -0.4 is 17.7 Å². The summed E-state index contributed by atoms with van der Waals surface area (Å²) in [7, 11) is 6.43. The van der Waals surface area contributed by atoms with E-state index in [1.165, 1.54) is 6.08 Å². The minimum absolute atomic E-state index is 0. The van der Waals surface area contributed by atoms with Crippen LogP contribution in [0.3, 0.4) is 0 Å². The van der Waals surface area contributed by atoms with Gasteiger partial charge in [0.25, 0.3) is 0 Å². The number of halogens is 1. The van der Waals surface area contributed by atoms with E-state index >= 15 is 0 Å². The van der Waals surface area contributed by atoms with E-state index in [9.17, 15) is 4.79 Å². The lowest BCUT2D eigenvalue weighted by molar-refractivity contribution is -0.870. The van der Waals surface area contributed by atoms with Crippen LogP contribution in [0.25, 0.3) is 6.08 Å². The van der Waals surface area contributed by atoms with Crippen molar-refractivity contribution in [3.05, 3.63) is 49.3 Å². The van der Waals surface area contributed by atoms with Crippen LogP contribution in [-0.2, 0) is 4.79 Å². The lowest BCUT2D eigenvalue weighted by Gasteiger charge is -2.31. The molecule has 0 spiro atoms. The van der Waals surface area contributed by atoms with E-state index < -0.39 is 0 Å². The molecule has 130 valence electrons. The van der Waals surface area contributed by atoms with E-state index in [0.717, 1.165) is 23.1 Å². The highest BCUT2D eigenvalue weighted by molar-refractivity contribution is 5.87. The van der Waals surface area contributed by atoms with Crippen molar-refractivity contribution >= 4 is 12.0 Å². The minimum Gasteiger partial charge on any atom is -1.00 e. The smallest absolute Gasteiger partial charge is 0.243 e. The molecule has 1 amide bonds. The Labute approximate surface area is 147 Å². The van der Waals surface area contributed by atoms with Crippen molar-refractivity contribution in [2.24, 2.45) is 0 Å². The zero-order chi connectivity index (χ0) is 17.2. The Balaban J connectivity index is 0. The minimum atomic E-state index is -0.156. The highest BCUT2D eigenvalue weighted by Crippen LogP contribution is 2.10. The standard InChI is InChI=1S/C11H22N2O.C7H7N.ClH/c1-7-10(14)12-11(2,3)8-9-13(4,5)6;1-2-7-5-3-4-6-8-7;/h7H,1,8-9H2,2-6H3;2-6H,1H2;1H. The first-order valence-electron chi connectivity index (χ1n) is 7.38. The lowest BCUT2D eigenvalue weighted by atomic mass is 10.00. The van der Waals surface area contributed by atoms with Crippen LogP contribution in [0.2, 0.25) is 0 Å². The number of amides is 1. The zero-order valence-corrected chi connectivity index (χ0v) is 15.7. The molecule has 0 aromatic carbocycles. The van der Waals surface area contributed by atoms with Crippen molar-refractivity contribution in [2.75, 3.05) is 27.7 Å². The topological polar surface area (TPSA) is 42.0 Å². The van der Waals surface area contributed by atoms with E-state index in [0.29, 0.717) is 0 Å². The van der Waals surface area contributed by atoms with Crippen molar-refractivity contribution in [3.8, 4) is 0 Å². The number of nitrogens with one attached hydrogen (secondary N) is 1. The molecular formula is C18H30ClN3O. The Bertz CT molecular complexity index is 479. The summed E-state index contributed by atoms with van der Waals surface area (Å²) >= 11 is 0. The van der Waals surface area contributed by atoms with E-state index in [1.807, 2.05) is 32.0 Å². The molecule has 0 aliphatic heterocycles. The fourth-order valence-corrected chi connectivity index (χ4v) is 1.56. The largest absolute Gasteiger partial charge is 1.00 e. The number of aromatic nitrogens is 1.